The Balaban J connectivity index is 1.82. The highest BCUT2D eigenvalue weighted by atomic mass is 79.9. The summed E-state index contributed by atoms with van der Waals surface area (Å²) in [6.07, 6.45) is 1.42. The molecule has 3 nitrogen and oxygen atoms in total. The van der Waals surface area contributed by atoms with Gasteiger partial charge in [-0.15, -0.1) is 0 Å². The fourth-order valence-corrected chi connectivity index (χ4v) is 4.12. The van der Waals surface area contributed by atoms with Crippen molar-refractivity contribution in [1.29, 1.82) is 0 Å². The van der Waals surface area contributed by atoms with Gasteiger partial charge in [-0.05, 0) is 55.1 Å². The Labute approximate surface area is 152 Å². The molecule has 2 aromatic rings. The minimum atomic E-state index is -0.0408. The van der Waals surface area contributed by atoms with Crippen LogP contribution in [0.1, 0.15) is 11.1 Å². The maximum absolute atomic E-state index is 6.32. The molecule has 2 aliphatic heterocycles. The van der Waals surface area contributed by atoms with Gasteiger partial charge in [0, 0.05) is 12.8 Å². The van der Waals surface area contributed by atoms with Gasteiger partial charge in [0.15, 0.2) is 0 Å². The zero-order valence-corrected chi connectivity index (χ0v) is 15.6. The van der Waals surface area contributed by atoms with Gasteiger partial charge in [-0.2, -0.15) is 0 Å². The van der Waals surface area contributed by atoms with E-state index in [-0.39, 0.29) is 12.2 Å². The molecule has 0 N–H and O–H groups in total. The molecule has 2 aromatic carbocycles. The van der Waals surface area contributed by atoms with Crippen LogP contribution in [0.3, 0.4) is 0 Å². The van der Waals surface area contributed by atoms with Crippen LogP contribution in [0, 0.1) is 0 Å². The Hall–Kier alpha value is -1.04. The lowest BCUT2D eigenvalue weighted by Crippen LogP contribution is -2.26. The quantitative estimate of drug-likeness (QED) is 0.603. The number of benzene rings is 2. The summed E-state index contributed by atoms with van der Waals surface area (Å²) in [6, 6.07) is 12.3. The first-order valence-electron chi connectivity index (χ1n) is 7.66. The molecule has 0 aromatic heterocycles. The van der Waals surface area contributed by atoms with Gasteiger partial charge >= 0.3 is 0 Å². The summed E-state index contributed by atoms with van der Waals surface area (Å²) in [7, 11) is 0. The van der Waals surface area contributed by atoms with E-state index in [0.717, 1.165) is 44.4 Å². The summed E-state index contributed by atoms with van der Waals surface area (Å²) < 4.78 is 20.5. The van der Waals surface area contributed by atoms with Gasteiger partial charge in [-0.1, -0.05) is 24.3 Å². The number of halogens is 2. The van der Waals surface area contributed by atoms with Crippen molar-refractivity contribution < 1.29 is 14.2 Å². The molecule has 2 heterocycles. The van der Waals surface area contributed by atoms with E-state index in [1.54, 1.807) is 0 Å². The van der Waals surface area contributed by atoms with E-state index < -0.39 is 0 Å². The molecule has 0 amide bonds. The molecule has 0 aliphatic carbocycles. The molecule has 5 heteroatoms. The number of hydrogen-bond donors (Lipinski definition) is 0. The smallest absolute Gasteiger partial charge is 0.137 e. The van der Waals surface area contributed by atoms with Crippen molar-refractivity contribution >= 4 is 31.9 Å². The first-order chi connectivity index (χ1) is 11.2. The molecule has 2 aliphatic rings. The second-order valence-electron chi connectivity index (χ2n) is 5.88. The van der Waals surface area contributed by atoms with Gasteiger partial charge in [-0.3, -0.25) is 0 Å². The van der Waals surface area contributed by atoms with E-state index in [9.17, 15) is 0 Å². The SMILES string of the molecule is Brc1cccc2c1O[C@@H]1COC[C@H](C2)Oc2c(Br)cccc2C1. The Morgan fingerprint density at radius 3 is 1.70 bits per heavy atom. The van der Waals surface area contributed by atoms with Crippen molar-refractivity contribution in [2.45, 2.75) is 25.0 Å². The van der Waals surface area contributed by atoms with Crippen LogP contribution in [0.25, 0.3) is 0 Å². The maximum atomic E-state index is 6.32. The third-order valence-corrected chi connectivity index (χ3v) is 5.42. The van der Waals surface area contributed by atoms with E-state index in [4.69, 9.17) is 14.2 Å². The summed E-state index contributed by atoms with van der Waals surface area (Å²) in [5.74, 6) is 1.82. The number of fused-ring (bicyclic) bond motifs is 6. The third-order valence-electron chi connectivity index (χ3n) is 4.17. The van der Waals surface area contributed by atoms with Crippen molar-refractivity contribution in [3.8, 4) is 11.5 Å². The van der Waals surface area contributed by atoms with Gasteiger partial charge in [-0.25, -0.2) is 0 Å². The molecule has 0 fully saturated rings. The maximum Gasteiger partial charge on any atom is 0.137 e. The molecular weight excluding hydrogens is 424 g/mol. The first kappa shape index (κ1) is 15.5. The summed E-state index contributed by atoms with van der Waals surface area (Å²) >= 11 is 7.23. The molecule has 0 saturated heterocycles. The molecule has 4 rings (SSSR count). The molecule has 0 unspecified atom stereocenters. The van der Waals surface area contributed by atoms with Crippen LogP contribution >= 0.6 is 31.9 Å². The predicted octanol–water partition coefficient (Wildman–Crippen LogP) is 4.54. The topological polar surface area (TPSA) is 27.7 Å². The lowest BCUT2D eigenvalue weighted by Gasteiger charge is -2.24. The van der Waals surface area contributed by atoms with Crippen LogP contribution in [0.2, 0.25) is 0 Å². The van der Waals surface area contributed by atoms with Crippen molar-refractivity contribution in [2.24, 2.45) is 0 Å². The Morgan fingerprint density at radius 2 is 1.22 bits per heavy atom. The van der Waals surface area contributed by atoms with Crippen LogP contribution in [0.5, 0.6) is 11.5 Å². The molecule has 23 heavy (non-hydrogen) atoms. The standard InChI is InChI=1S/C18H16Br2O3/c19-15-5-1-3-11-7-13-9-21-10-14(22-17(11)15)8-12-4-2-6-16(20)18(12)23-13/h1-6,13-14H,7-10H2/t13-,14-/m0/s1. The lowest BCUT2D eigenvalue weighted by atomic mass is 10.0. The van der Waals surface area contributed by atoms with Crippen molar-refractivity contribution in [1.82, 2.24) is 0 Å². The normalized spacial score (nSPS) is 23.0. The predicted molar refractivity (Wildman–Crippen MR) is 95.3 cm³/mol. The number of hydrogen-bond acceptors (Lipinski definition) is 3. The molecule has 0 spiro atoms. The Kier molecular flexibility index (Phi) is 4.35. The highest BCUT2D eigenvalue weighted by Crippen LogP contribution is 2.37. The van der Waals surface area contributed by atoms with Crippen LogP contribution < -0.4 is 9.47 Å². The zero-order valence-electron chi connectivity index (χ0n) is 12.4. The minimum Gasteiger partial charge on any atom is -0.486 e. The van der Waals surface area contributed by atoms with Crippen LogP contribution in [0.15, 0.2) is 45.3 Å². The summed E-state index contributed by atoms with van der Waals surface area (Å²) in [6.45, 7) is 1.12. The summed E-state index contributed by atoms with van der Waals surface area (Å²) in [5, 5.41) is 0. The Morgan fingerprint density at radius 1 is 0.739 bits per heavy atom. The largest absolute Gasteiger partial charge is 0.486 e. The molecule has 2 atom stereocenters. The van der Waals surface area contributed by atoms with Crippen molar-refractivity contribution in [3.05, 3.63) is 56.5 Å². The molecular formula is C18H16Br2O3. The van der Waals surface area contributed by atoms with E-state index in [1.807, 2.05) is 24.3 Å². The summed E-state index contributed by atoms with van der Waals surface area (Å²) in [4.78, 5) is 0. The average molecular weight is 440 g/mol. The van der Waals surface area contributed by atoms with Gasteiger partial charge in [0.2, 0.25) is 0 Å². The van der Waals surface area contributed by atoms with Gasteiger partial charge in [0.05, 0.1) is 22.2 Å². The lowest BCUT2D eigenvalue weighted by molar-refractivity contribution is 0.0203. The molecule has 0 radical (unpaired) electrons. The van der Waals surface area contributed by atoms with E-state index in [0.29, 0.717) is 13.2 Å². The molecule has 0 saturated carbocycles. The second kappa shape index (κ2) is 6.46. The monoisotopic (exact) mass is 438 g/mol. The Bertz CT molecular complexity index is 671. The second-order valence-corrected chi connectivity index (χ2v) is 7.59. The van der Waals surface area contributed by atoms with Crippen molar-refractivity contribution in [3.63, 3.8) is 0 Å². The highest BCUT2D eigenvalue weighted by molar-refractivity contribution is 9.10. The van der Waals surface area contributed by atoms with Crippen LogP contribution in [-0.4, -0.2) is 25.4 Å². The number of ether oxygens (including phenoxy) is 3. The van der Waals surface area contributed by atoms with Crippen LogP contribution in [0.4, 0.5) is 0 Å². The number of para-hydroxylation sites is 2. The van der Waals surface area contributed by atoms with E-state index in [1.165, 1.54) is 0 Å². The highest BCUT2D eigenvalue weighted by Gasteiger charge is 2.27. The zero-order chi connectivity index (χ0) is 15.8. The third kappa shape index (κ3) is 3.14. The molecule has 2 bridgehead atoms. The van der Waals surface area contributed by atoms with Gasteiger partial charge < -0.3 is 14.2 Å². The fourth-order valence-electron chi connectivity index (χ4n) is 3.12. The van der Waals surface area contributed by atoms with Gasteiger partial charge in [0.1, 0.15) is 23.7 Å². The van der Waals surface area contributed by atoms with Crippen LogP contribution in [-0.2, 0) is 17.6 Å². The first-order valence-corrected chi connectivity index (χ1v) is 9.25. The van der Waals surface area contributed by atoms with Crippen molar-refractivity contribution in [2.75, 3.05) is 13.2 Å². The molecule has 120 valence electrons. The van der Waals surface area contributed by atoms with Gasteiger partial charge in [0.25, 0.3) is 0 Å². The average Bonchev–Trinajstić information content (AvgIpc) is 2.66. The fraction of sp³-hybridized carbons (Fsp3) is 0.333. The van der Waals surface area contributed by atoms with E-state index >= 15 is 0 Å². The summed E-state index contributed by atoms with van der Waals surface area (Å²) in [5.41, 5.74) is 2.30. The van der Waals surface area contributed by atoms with E-state index in [2.05, 4.69) is 44.0 Å². The minimum absolute atomic E-state index is 0.0408. The number of rotatable bonds is 0.